The lowest BCUT2D eigenvalue weighted by Gasteiger charge is -2.10. The number of rotatable bonds is 5. The maximum Gasteiger partial charge on any atom is 0.180 e. The third-order valence-corrected chi connectivity index (χ3v) is 10.1. The summed E-state index contributed by atoms with van der Waals surface area (Å²) in [6.07, 6.45) is 0. The van der Waals surface area contributed by atoms with Gasteiger partial charge >= 0.3 is 0 Å². The fourth-order valence-electron chi connectivity index (χ4n) is 6.52. The van der Waals surface area contributed by atoms with Gasteiger partial charge in [0.05, 0.1) is 0 Å². The van der Waals surface area contributed by atoms with Crippen LogP contribution in [0.15, 0.2) is 156 Å². The molecule has 0 aliphatic rings. The largest absolute Gasteiger partial charge is 0.452 e. The Balaban J connectivity index is 1.16. The van der Waals surface area contributed by atoms with Gasteiger partial charge in [0.25, 0.3) is 0 Å². The molecule has 0 saturated heterocycles. The summed E-state index contributed by atoms with van der Waals surface area (Å²) in [5.74, 6) is 2.44. The van der Waals surface area contributed by atoms with Crippen LogP contribution in [-0.4, -0.2) is 24.9 Å². The SMILES string of the molecule is c1ccc(-c2nc(-c3ccccc3)nc(-c3cccc(-c4nc(-c5ccc6c(c5)sc5ccccc56)nc5c4oc4ccccc45)c3)n2)cc1. The van der Waals surface area contributed by atoms with Gasteiger partial charge in [-0.1, -0.05) is 121 Å². The summed E-state index contributed by atoms with van der Waals surface area (Å²) in [4.78, 5) is 25.1. The second-order valence-corrected chi connectivity index (χ2v) is 13.2. The van der Waals surface area contributed by atoms with Gasteiger partial charge in [0.2, 0.25) is 0 Å². The van der Waals surface area contributed by atoms with Gasteiger partial charge in [0.1, 0.15) is 16.8 Å². The van der Waals surface area contributed by atoms with Crippen molar-refractivity contribution in [3.8, 4) is 56.8 Å². The Morgan fingerprint density at radius 2 is 0.940 bits per heavy atom. The molecule has 0 amide bonds. The molecule has 0 atom stereocenters. The van der Waals surface area contributed by atoms with Gasteiger partial charge in [-0.05, 0) is 30.3 Å². The minimum absolute atomic E-state index is 0.574. The lowest BCUT2D eigenvalue weighted by Crippen LogP contribution is -2.00. The highest BCUT2D eigenvalue weighted by Gasteiger charge is 2.20. The standard InChI is InChI=1S/C43H25N5OS/c1-3-12-26(13-4-1)40-46-41(27-14-5-2-6-15-27)48-43(47-40)29-17-11-16-28(24-29)37-39-38(33-19-7-9-20-34(33)49-39)45-42(44-37)30-22-23-32-31-18-8-10-21-35(31)50-36(32)25-30/h1-25H. The Labute approximate surface area is 290 Å². The summed E-state index contributed by atoms with van der Waals surface area (Å²) in [6, 6.07) is 51.2. The van der Waals surface area contributed by atoms with Gasteiger partial charge in [-0.2, -0.15) is 0 Å². The molecule has 10 rings (SSSR count). The number of hydrogen-bond acceptors (Lipinski definition) is 7. The van der Waals surface area contributed by atoms with Crippen molar-refractivity contribution in [1.29, 1.82) is 0 Å². The maximum absolute atomic E-state index is 6.47. The molecular weight excluding hydrogens is 635 g/mol. The molecule has 0 aliphatic heterocycles. The molecule has 0 spiro atoms. The van der Waals surface area contributed by atoms with Crippen LogP contribution in [0.4, 0.5) is 0 Å². The number of benzene rings is 6. The van der Waals surface area contributed by atoms with Gasteiger partial charge in [-0.15, -0.1) is 11.3 Å². The van der Waals surface area contributed by atoms with E-state index in [1.165, 1.54) is 20.2 Å². The predicted octanol–water partition coefficient (Wildman–Crippen LogP) is 11.3. The molecule has 7 heteroatoms. The number of aromatic nitrogens is 5. The summed E-state index contributed by atoms with van der Waals surface area (Å²) >= 11 is 1.78. The van der Waals surface area contributed by atoms with E-state index >= 15 is 0 Å². The zero-order chi connectivity index (χ0) is 33.0. The highest BCUT2D eigenvalue weighted by molar-refractivity contribution is 7.25. The Kier molecular flexibility index (Phi) is 6.57. The number of furan rings is 1. The third kappa shape index (κ3) is 4.83. The second-order valence-electron chi connectivity index (χ2n) is 12.1. The van der Waals surface area contributed by atoms with Gasteiger partial charge in [0.15, 0.2) is 28.9 Å². The molecule has 0 aliphatic carbocycles. The fourth-order valence-corrected chi connectivity index (χ4v) is 7.67. The van der Waals surface area contributed by atoms with E-state index < -0.39 is 0 Å². The van der Waals surface area contributed by atoms with Crippen LogP contribution in [0.3, 0.4) is 0 Å². The molecule has 4 aromatic heterocycles. The zero-order valence-electron chi connectivity index (χ0n) is 26.5. The summed E-state index contributed by atoms with van der Waals surface area (Å²) < 4.78 is 8.94. The van der Waals surface area contributed by atoms with Crippen LogP contribution in [-0.2, 0) is 0 Å². The number of para-hydroxylation sites is 1. The van der Waals surface area contributed by atoms with Crippen LogP contribution < -0.4 is 0 Å². The topological polar surface area (TPSA) is 77.6 Å². The molecule has 234 valence electrons. The lowest BCUT2D eigenvalue weighted by molar-refractivity contribution is 0.667. The van der Waals surface area contributed by atoms with E-state index in [-0.39, 0.29) is 0 Å². The monoisotopic (exact) mass is 659 g/mol. The normalized spacial score (nSPS) is 11.6. The third-order valence-electron chi connectivity index (χ3n) is 8.95. The van der Waals surface area contributed by atoms with E-state index in [9.17, 15) is 0 Å². The van der Waals surface area contributed by atoms with Gasteiger partial charge in [-0.25, -0.2) is 24.9 Å². The van der Waals surface area contributed by atoms with Gasteiger partial charge in [0, 0.05) is 53.4 Å². The Bertz CT molecular complexity index is 2820. The van der Waals surface area contributed by atoms with Crippen LogP contribution in [0, 0.1) is 0 Å². The molecule has 0 N–H and O–H groups in total. The molecule has 6 aromatic carbocycles. The fraction of sp³-hybridized carbons (Fsp3) is 0. The van der Waals surface area contributed by atoms with Crippen LogP contribution in [0.25, 0.3) is 99.1 Å². The number of nitrogens with zero attached hydrogens (tertiary/aromatic N) is 5. The number of thiophene rings is 1. The molecule has 0 radical (unpaired) electrons. The predicted molar refractivity (Wildman–Crippen MR) is 203 cm³/mol. The summed E-state index contributed by atoms with van der Waals surface area (Å²) in [7, 11) is 0. The van der Waals surface area contributed by atoms with Crippen molar-refractivity contribution >= 4 is 53.6 Å². The van der Waals surface area contributed by atoms with Gasteiger partial charge < -0.3 is 4.42 Å². The Morgan fingerprint density at radius 3 is 1.70 bits per heavy atom. The van der Waals surface area contributed by atoms with E-state index in [0.717, 1.165) is 44.3 Å². The molecular formula is C43H25N5OS. The van der Waals surface area contributed by atoms with E-state index in [1.54, 1.807) is 11.3 Å². The van der Waals surface area contributed by atoms with Crippen molar-refractivity contribution in [3.05, 3.63) is 152 Å². The highest BCUT2D eigenvalue weighted by atomic mass is 32.1. The van der Waals surface area contributed by atoms with Crippen molar-refractivity contribution in [2.75, 3.05) is 0 Å². The maximum atomic E-state index is 6.47. The van der Waals surface area contributed by atoms with Gasteiger partial charge in [-0.3, -0.25) is 0 Å². The second kappa shape index (κ2) is 11.5. The molecule has 0 bridgehead atoms. The van der Waals surface area contributed by atoms with Crippen molar-refractivity contribution < 1.29 is 4.42 Å². The van der Waals surface area contributed by atoms with Crippen LogP contribution >= 0.6 is 11.3 Å². The Hall–Kier alpha value is -6.57. The van der Waals surface area contributed by atoms with Crippen molar-refractivity contribution in [2.45, 2.75) is 0 Å². The molecule has 0 saturated carbocycles. The van der Waals surface area contributed by atoms with E-state index in [2.05, 4.69) is 54.6 Å². The highest BCUT2D eigenvalue weighted by Crippen LogP contribution is 2.39. The van der Waals surface area contributed by atoms with Crippen molar-refractivity contribution in [2.24, 2.45) is 0 Å². The van der Waals surface area contributed by atoms with Crippen molar-refractivity contribution in [3.63, 3.8) is 0 Å². The number of fused-ring (bicyclic) bond motifs is 6. The van der Waals surface area contributed by atoms with Crippen LogP contribution in [0.1, 0.15) is 0 Å². The molecule has 0 unspecified atom stereocenters. The summed E-state index contributed by atoms with van der Waals surface area (Å²) in [6.45, 7) is 0. The summed E-state index contributed by atoms with van der Waals surface area (Å²) in [5.41, 5.74) is 7.40. The molecule has 6 nitrogen and oxygen atoms in total. The smallest absolute Gasteiger partial charge is 0.180 e. The first-order chi connectivity index (χ1) is 24.7. The average molecular weight is 660 g/mol. The van der Waals surface area contributed by atoms with Crippen LogP contribution in [0.5, 0.6) is 0 Å². The zero-order valence-corrected chi connectivity index (χ0v) is 27.3. The first-order valence-corrected chi connectivity index (χ1v) is 17.2. The molecule has 50 heavy (non-hydrogen) atoms. The minimum Gasteiger partial charge on any atom is -0.452 e. The Morgan fingerprint density at radius 1 is 0.380 bits per heavy atom. The molecule has 10 aromatic rings. The van der Waals surface area contributed by atoms with E-state index in [1.807, 2.05) is 97.1 Å². The van der Waals surface area contributed by atoms with E-state index in [4.69, 9.17) is 29.3 Å². The first-order valence-electron chi connectivity index (χ1n) is 16.3. The molecule has 4 heterocycles. The van der Waals surface area contributed by atoms with E-state index in [0.29, 0.717) is 34.6 Å². The lowest BCUT2D eigenvalue weighted by atomic mass is 10.0. The first kappa shape index (κ1) is 28.4. The average Bonchev–Trinajstić information content (AvgIpc) is 3.76. The van der Waals surface area contributed by atoms with Crippen molar-refractivity contribution in [1.82, 2.24) is 24.9 Å². The summed E-state index contributed by atoms with van der Waals surface area (Å²) in [5, 5.41) is 3.45. The quantitative estimate of drug-likeness (QED) is 0.183. The minimum atomic E-state index is 0.574. The van der Waals surface area contributed by atoms with Crippen LogP contribution in [0.2, 0.25) is 0 Å². The number of hydrogen-bond donors (Lipinski definition) is 0. The molecule has 0 fully saturated rings.